The summed E-state index contributed by atoms with van der Waals surface area (Å²) in [6.45, 7) is 6.71. The predicted molar refractivity (Wildman–Crippen MR) is 298 cm³/mol. The maximum absolute atomic E-state index is 12.9. The fraction of sp³-hybridized carbons (Fsp3) is 0.952. The van der Waals surface area contributed by atoms with E-state index in [2.05, 4.69) is 20.8 Å². The molecule has 410 valence electrons. The van der Waals surface area contributed by atoms with Crippen molar-refractivity contribution in [2.24, 2.45) is 0 Å². The molecule has 0 aromatic rings. The first-order chi connectivity index (χ1) is 34.0. The first-order valence-corrected chi connectivity index (χ1v) is 31.5. The van der Waals surface area contributed by atoms with E-state index in [0.717, 1.165) is 57.8 Å². The van der Waals surface area contributed by atoms with Crippen LogP contribution in [0.4, 0.5) is 0 Å². The van der Waals surface area contributed by atoms with Crippen LogP contribution in [0, 0.1) is 0 Å². The second kappa shape index (κ2) is 59.0. The fourth-order valence-corrected chi connectivity index (χ4v) is 9.86. The molecule has 0 bridgehead atoms. The van der Waals surface area contributed by atoms with Gasteiger partial charge in [-0.05, 0) is 19.3 Å². The third kappa shape index (κ3) is 57.2. The Morgan fingerprint density at radius 3 is 0.580 bits per heavy atom. The van der Waals surface area contributed by atoms with Crippen LogP contribution in [-0.2, 0) is 28.6 Å². The van der Waals surface area contributed by atoms with Gasteiger partial charge in [-0.25, -0.2) is 0 Å². The molecule has 69 heavy (non-hydrogen) atoms. The number of rotatable bonds is 59. The van der Waals surface area contributed by atoms with E-state index in [-0.39, 0.29) is 31.1 Å². The van der Waals surface area contributed by atoms with Gasteiger partial charge in [-0.1, -0.05) is 329 Å². The Labute approximate surface area is 431 Å². The summed E-state index contributed by atoms with van der Waals surface area (Å²) >= 11 is 0. The van der Waals surface area contributed by atoms with Gasteiger partial charge in [-0.2, -0.15) is 0 Å². The lowest BCUT2D eigenvalue weighted by atomic mass is 10.0. The third-order valence-electron chi connectivity index (χ3n) is 14.6. The number of hydrogen-bond donors (Lipinski definition) is 0. The van der Waals surface area contributed by atoms with Crippen LogP contribution in [0.25, 0.3) is 0 Å². The fourth-order valence-electron chi connectivity index (χ4n) is 9.86. The smallest absolute Gasteiger partial charge is 0.306 e. The van der Waals surface area contributed by atoms with Crippen molar-refractivity contribution in [1.82, 2.24) is 0 Å². The van der Waals surface area contributed by atoms with E-state index in [1.54, 1.807) is 0 Å². The minimum absolute atomic E-state index is 0.0609. The number of ether oxygens (including phenoxy) is 3. The highest BCUT2D eigenvalue weighted by molar-refractivity contribution is 5.71. The van der Waals surface area contributed by atoms with E-state index in [9.17, 15) is 14.4 Å². The van der Waals surface area contributed by atoms with E-state index < -0.39 is 6.10 Å². The Kier molecular flexibility index (Phi) is 57.6. The van der Waals surface area contributed by atoms with Crippen molar-refractivity contribution in [2.75, 3.05) is 13.2 Å². The second-order valence-corrected chi connectivity index (χ2v) is 21.7. The van der Waals surface area contributed by atoms with Gasteiger partial charge < -0.3 is 14.2 Å². The van der Waals surface area contributed by atoms with Crippen molar-refractivity contribution in [2.45, 2.75) is 374 Å². The number of carbonyl (C=O) groups is 3. The van der Waals surface area contributed by atoms with Gasteiger partial charge in [0, 0.05) is 19.3 Å². The van der Waals surface area contributed by atoms with E-state index in [1.165, 1.54) is 270 Å². The van der Waals surface area contributed by atoms with E-state index in [4.69, 9.17) is 14.2 Å². The minimum Gasteiger partial charge on any atom is -0.462 e. The van der Waals surface area contributed by atoms with Crippen molar-refractivity contribution in [3.05, 3.63) is 0 Å². The van der Waals surface area contributed by atoms with Gasteiger partial charge in [0.05, 0.1) is 0 Å². The van der Waals surface area contributed by atoms with Crippen molar-refractivity contribution < 1.29 is 28.6 Å². The largest absolute Gasteiger partial charge is 0.462 e. The molecule has 0 heterocycles. The van der Waals surface area contributed by atoms with E-state index >= 15 is 0 Å². The number of hydrogen-bond acceptors (Lipinski definition) is 6. The molecule has 0 aliphatic carbocycles. The highest BCUT2D eigenvalue weighted by Crippen LogP contribution is 2.18. The summed E-state index contributed by atoms with van der Waals surface area (Å²) in [6, 6.07) is 0. The van der Waals surface area contributed by atoms with Crippen LogP contribution < -0.4 is 0 Å². The zero-order valence-electron chi connectivity index (χ0n) is 47.1. The van der Waals surface area contributed by atoms with Gasteiger partial charge in [0.15, 0.2) is 6.10 Å². The van der Waals surface area contributed by atoms with Crippen molar-refractivity contribution in [1.29, 1.82) is 0 Å². The van der Waals surface area contributed by atoms with Crippen LogP contribution >= 0.6 is 0 Å². The normalized spacial score (nSPS) is 11.9. The quantitative estimate of drug-likeness (QED) is 0.0343. The average molecular weight is 976 g/mol. The van der Waals surface area contributed by atoms with Crippen LogP contribution in [0.3, 0.4) is 0 Å². The molecular weight excluding hydrogens is 853 g/mol. The molecular formula is C63H122O6. The Morgan fingerprint density at radius 2 is 0.391 bits per heavy atom. The molecule has 0 rings (SSSR count). The molecule has 0 aromatic heterocycles. The zero-order chi connectivity index (χ0) is 50.0. The Bertz CT molecular complexity index is 1030. The van der Waals surface area contributed by atoms with Crippen molar-refractivity contribution in [3.63, 3.8) is 0 Å². The molecule has 0 spiro atoms. The van der Waals surface area contributed by atoms with Gasteiger partial charge in [0.25, 0.3) is 0 Å². The van der Waals surface area contributed by atoms with Gasteiger partial charge >= 0.3 is 17.9 Å². The van der Waals surface area contributed by atoms with Crippen LogP contribution in [0.1, 0.15) is 367 Å². The molecule has 0 saturated carbocycles. The van der Waals surface area contributed by atoms with E-state index in [0.29, 0.717) is 19.3 Å². The summed E-state index contributed by atoms with van der Waals surface area (Å²) in [5.74, 6) is -0.830. The lowest BCUT2D eigenvalue weighted by Gasteiger charge is -2.18. The second-order valence-electron chi connectivity index (χ2n) is 21.7. The maximum atomic E-state index is 12.9. The predicted octanol–water partition coefficient (Wildman–Crippen LogP) is 21.1. The van der Waals surface area contributed by atoms with Crippen LogP contribution in [0.15, 0.2) is 0 Å². The molecule has 0 amide bonds. The lowest BCUT2D eigenvalue weighted by molar-refractivity contribution is -0.167. The third-order valence-corrected chi connectivity index (χ3v) is 14.6. The molecule has 6 heteroatoms. The number of unbranched alkanes of at least 4 members (excludes halogenated alkanes) is 48. The minimum atomic E-state index is -0.761. The number of esters is 3. The average Bonchev–Trinajstić information content (AvgIpc) is 3.35. The van der Waals surface area contributed by atoms with Gasteiger partial charge in [-0.15, -0.1) is 0 Å². The van der Waals surface area contributed by atoms with Gasteiger partial charge in [-0.3, -0.25) is 14.4 Å². The summed E-state index contributed by atoms with van der Waals surface area (Å²) in [5.41, 5.74) is 0. The molecule has 0 aliphatic rings. The molecule has 0 saturated heterocycles. The summed E-state index contributed by atoms with van der Waals surface area (Å²) in [5, 5.41) is 0. The summed E-state index contributed by atoms with van der Waals surface area (Å²) in [7, 11) is 0. The summed E-state index contributed by atoms with van der Waals surface area (Å²) < 4.78 is 16.9. The van der Waals surface area contributed by atoms with Crippen LogP contribution in [0.5, 0.6) is 0 Å². The summed E-state index contributed by atoms with van der Waals surface area (Å²) in [6.07, 6.45) is 66.9. The first kappa shape index (κ1) is 67.4. The Morgan fingerprint density at radius 1 is 0.232 bits per heavy atom. The summed E-state index contributed by atoms with van der Waals surface area (Å²) in [4.78, 5) is 38.2. The molecule has 1 atom stereocenters. The van der Waals surface area contributed by atoms with Gasteiger partial charge in [0.1, 0.15) is 13.2 Å². The molecule has 0 radical (unpaired) electrons. The topological polar surface area (TPSA) is 78.9 Å². The highest BCUT2D eigenvalue weighted by Gasteiger charge is 2.19. The zero-order valence-corrected chi connectivity index (χ0v) is 47.1. The molecule has 1 unspecified atom stereocenters. The first-order valence-electron chi connectivity index (χ1n) is 31.5. The van der Waals surface area contributed by atoms with Gasteiger partial charge in [0.2, 0.25) is 0 Å². The standard InChI is InChI=1S/C63H122O6/c1-4-7-10-13-16-19-22-24-26-28-30-31-32-34-35-37-39-41-44-47-50-53-56-62(65)68-59-60(58-67-61(64)55-52-49-46-43-21-18-15-12-9-6-3)69-63(66)57-54-51-48-45-42-40-38-36-33-29-27-25-23-20-17-14-11-8-5-2/h60H,4-59H2,1-3H3. The molecule has 0 N–H and O–H groups in total. The molecule has 0 aromatic carbocycles. The maximum Gasteiger partial charge on any atom is 0.306 e. The monoisotopic (exact) mass is 975 g/mol. The Hall–Kier alpha value is -1.59. The number of carbonyl (C=O) groups excluding carboxylic acids is 3. The molecule has 0 aliphatic heterocycles. The van der Waals surface area contributed by atoms with Crippen LogP contribution in [0.2, 0.25) is 0 Å². The highest BCUT2D eigenvalue weighted by atomic mass is 16.6. The van der Waals surface area contributed by atoms with Crippen molar-refractivity contribution in [3.8, 4) is 0 Å². The van der Waals surface area contributed by atoms with E-state index in [1.807, 2.05) is 0 Å². The SMILES string of the molecule is CCCCCCCCCCCCCCCCCCCCCCCCC(=O)OCC(COC(=O)CCCCCCCCCCCC)OC(=O)CCCCCCCCCCCCCCCCCCCCC. The lowest BCUT2D eigenvalue weighted by Crippen LogP contribution is -2.30. The Balaban J connectivity index is 4.17. The molecule has 0 fully saturated rings. The molecule has 6 nitrogen and oxygen atoms in total. The van der Waals surface area contributed by atoms with Crippen LogP contribution in [-0.4, -0.2) is 37.2 Å². The van der Waals surface area contributed by atoms with Crippen molar-refractivity contribution >= 4 is 17.9 Å².